The summed E-state index contributed by atoms with van der Waals surface area (Å²) in [4.78, 5) is 4.03. The molecule has 1 heterocycles. The molecule has 0 aliphatic rings. The Morgan fingerprint density at radius 2 is 1.94 bits per heavy atom. The minimum atomic E-state index is 0.353. The molecule has 0 saturated carbocycles. The Labute approximate surface area is 116 Å². The Kier molecular flexibility index (Phi) is 8.03. The number of hydrogen-bond donors (Lipinski definition) is 1. The highest BCUT2D eigenvalue weighted by molar-refractivity contribution is 6.31. The predicted molar refractivity (Wildman–Crippen MR) is 79.0 cm³/mol. The molecular weight excluding hydrogens is 244 g/mol. The van der Waals surface area contributed by atoms with Gasteiger partial charge in [0.15, 0.2) is 0 Å². The van der Waals surface area contributed by atoms with Gasteiger partial charge < -0.3 is 5.32 Å². The summed E-state index contributed by atoms with van der Waals surface area (Å²) in [5.74, 6) is 0. The van der Waals surface area contributed by atoms with E-state index in [-0.39, 0.29) is 0 Å². The molecular formula is C15H25ClN2. The topological polar surface area (TPSA) is 24.9 Å². The normalized spacial score (nSPS) is 12.6. The first-order valence-corrected chi connectivity index (χ1v) is 7.44. The monoisotopic (exact) mass is 268 g/mol. The third kappa shape index (κ3) is 5.36. The van der Waals surface area contributed by atoms with Crippen molar-refractivity contribution < 1.29 is 0 Å². The van der Waals surface area contributed by atoms with Gasteiger partial charge >= 0.3 is 0 Å². The van der Waals surface area contributed by atoms with Gasteiger partial charge in [-0.3, -0.25) is 4.98 Å². The number of unbranched alkanes of at least 4 members (excludes halogenated alkanes) is 5. The molecule has 0 fully saturated rings. The minimum absolute atomic E-state index is 0.353. The molecule has 1 rings (SSSR count). The predicted octanol–water partition coefficient (Wildman–Crippen LogP) is 4.75. The molecule has 0 bridgehead atoms. The van der Waals surface area contributed by atoms with Crippen molar-refractivity contribution in [3.8, 4) is 0 Å². The Bertz CT molecular complexity index is 328. The maximum Gasteiger partial charge on any atom is 0.0637 e. The lowest BCUT2D eigenvalue weighted by Crippen LogP contribution is -2.16. The number of rotatable bonds is 9. The van der Waals surface area contributed by atoms with Gasteiger partial charge in [0, 0.05) is 18.4 Å². The summed E-state index contributed by atoms with van der Waals surface area (Å²) in [6.45, 7) is 2.25. The smallest absolute Gasteiger partial charge is 0.0637 e. The molecule has 0 spiro atoms. The van der Waals surface area contributed by atoms with E-state index < -0.39 is 0 Å². The summed E-state index contributed by atoms with van der Waals surface area (Å²) >= 11 is 6.18. The van der Waals surface area contributed by atoms with Gasteiger partial charge in [-0.15, -0.1) is 0 Å². The molecule has 1 aromatic heterocycles. The Morgan fingerprint density at radius 3 is 2.61 bits per heavy atom. The quantitative estimate of drug-likeness (QED) is 0.654. The van der Waals surface area contributed by atoms with Crippen LogP contribution in [0.5, 0.6) is 0 Å². The highest BCUT2D eigenvalue weighted by atomic mass is 35.5. The third-order valence-electron chi connectivity index (χ3n) is 3.37. The maximum absolute atomic E-state index is 6.18. The van der Waals surface area contributed by atoms with Crippen molar-refractivity contribution >= 4 is 11.6 Å². The number of hydrogen-bond acceptors (Lipinski definition) is 2. The van der Waals surface area contributed by atoms with Crippen LogP contribution in [-0.2, 0) is 0 Å². The largest absolute Gasteiger partial charge is 0.313 e. The van der Waals surface area contributed by atoms with Gasteiger partial charge in [0.1, 0.15) is 0 Å². The molecule has 3 heteroatoms. The van der Waals surface area contributed by atoms with Crippen molar-refractivity contribution in [2.24, 2.45) is 0 Å². The molecule has 0 amide bonds. The van der Waals surface area contributed by atoms with Crippen LogP contribution >= 0.6 is 11.6 Å². The highest BCUT2D eigenvalue weighted by Gasteiger charge is 2.11. The van der Waals surface area contributed by atoms with Gasteiger partial charge in [-0.25, -0.2) is 0 Å². The SMILES string of the molecule is CCCCCCCCC(NC)c1ccncc1Cl. The van der Waals surface area contributed by atoms with E-state index in [0.717, 1.165) is 11.4 Å². The van der Waals surface area contributed by atoms with Crippen molar-refractivity contribution in [2.45, 2.75) is 57.9 Å². The van der Waals surface area contributed by atoms with E-state index in [1.165, 1.54) is 44.1 Å². The van der Waals surface area contributed by atoms with Crippen LogP contribution in [0, 0.1) is 0 Å². The lowest BCUT2D eigenvalue weighted by Gasteiger charge is -2.17. The minimum Gasteiger partial charge on any atom is -0.313 e. The summed E-state index contributed by atoms with van der Waals surface area (Å²) in [6, 6.07) is 2.37. The second-order valence-electron chi connectivity index (χ2n) is 4.79. The average molecular weight is 269 g/mol. The van der Waals surface area contributed by atoms with E-state index in [4.69, 9.17) is 11.6 Å². The lowest BCUT2D eigenvalue weighted by atomic mass is 10.0. The van der Waals surface area contributed by atoms with Gasteiger partial charge in [-0.2, -0.15) is 0 Å². The lowest BCUT2D eigenvalue weighted by molar-refractivity contribution is 0.497. The van der Waals surface area contributed by atoms with Crippen LogP contribution in [0.3, 0.4) is 0 Å². The van der Waals surface area contributed by atoms with E-state index in [1.807, 2.05) is 19.3 Å². The molecule has 0 aromatic carbocycles. The summed E-state index contributed by atoms with van der Waals surface area (Å²) in [6.07, 6.45) is 12.7. The van der Waals surface area contributed by atoms with Crippen LogP contribution in [0.15, 0.2) is 18.5 Å². The zero-order valence-electron chi connectivity index (χ0n) is 11.6. The van der Waals surface area contributed by atoms with Crippen LogP contribution in [0.1, 0.15) is 63.5 Å². The first kappa shape index (κ1) is 15.5. The summed E-state index contributed by atoms with van der Waals surface area (Å²) in [5.41, 5.74) is 1.17. The van der Waals surface area contributed by atoms with Crippen LogP contribution in [-0.4, -0.2) is 12.0 Å². The zero-order chi connectivity index (χ0) is 13.2. The fourth-order valence-electron chi connectivity index (χ4n) is 2.25. The number of halogens is 1. The molecule has 2 nitrogen and oxygen atoms in total. The van der Waals surface area contributed by atoms with Crippen molar-refractivity contribution in [1.82, 2.24) is 10.3 Å². The first-order chi connectivity index (χ1) is 8.79. The molecule has 0 aliphatic heterocycles. The second kappa shape index (κ2) is 9.35. The average Bonchev–Trinajstić information content (AvgIpc) is 2.39. The molecule has 102 valence electrons. The Hall–Kier alpha value is -0.600. The molecule has 0 saturated heterocycles. The Balaban J connectivity index is 2.32. The number of pyridine rings is 1. The van der Waals surface area contributed by atoms with Crippen molar-refractivity contribution in [3.63, 3.8) is 0 Å². The van der Waals surface area contributed by atoms with Gasteiger partial charge in [0.25, 0.3) is 0 Å². The Morgan fingerprint density at radius 1 is 1.22 bits per heavy atom. The molecule has 1 atom stereocenters. The van der Waals surface area contributed by atoms with Gasteiger partial charge in [-0.05, 0) is 25.1 Å². The molecule has 1 aromatic rings. The zero-order valence-corrected chi connectivity index (χ0v) is 12.3. The highest BCUT2D eigenvalue weighted by Crippen LogP contribution is 2.25. The molecule has 1 unspecified atom stereocenters. The number of nitrogens with zero attached hydrogens (tertiary/aromatic N) is 1. The standard InChI is InChI=1S/C15H25ClN2/c1-3-4-5-6-7-8-9-15(17-2)13-10-11-18-12-14(13)16/h10-12,15,17H,3-9H2,1-2H3. The van der Waals surface area contributed by atoms with Gasteiger partial charge in [0.2, 0.25) is 0 Å². The van der Waals surface area contributed by atoms with E-state index in [0.29, 0.717) is 6.04 Å². The number of aromatic nitrogens is 1. The van der Waals surface area contributed by atoms with E-state index in [9.17, 15) is 0 Å². The van der Waals surface area contributed by atoms with Gasteiger partial charge in [-0.1, -0.05) is 57.0 Å². The molecule has 18 heavy (non-hydrogen) atoms. The van der Waals surface area contributed by atoms with E-state index >= 15 is 0 Å². The van der Waals surface area contributed by atoms with Crippen molar-refractivity contribution in [1.29, 1.82) is 0 Å². The van der Waals surface area contributed by atoms with Crippen LogP contribution in [0.4, 0.5) is 0 Å². The van der Waals surface area contributed by atoms with Crippen molar-refractivity contribution in [2.75, 3.05) is 7.05 Å². The van der Waals surface area contributed by atoms with Crippen LogP contribution < -0.4 is 5.32 Å². The summed E-state index contributed by atoms with van der Waals surface area (Å²) in [5, 5.41) is 4.12. The first-order valence-electron chi connectivity index (χ1n) is 7.06. The third-order valence-corrected chi connectivity index (χ3v) is 3.69. The van der Waals surface area contributed by atoms with E-state index in [2.05, 4.69) is 17.2 Å². The maximum atomic E-state index is 6.18. The van der Waals surface area contributed by atoms with E-state index in [1.54, 1.807) is 6.20 Å². The summed E-state index contributed by atoms with van der Waals surface area (Å²) < 4.78 is 0. The molecule has 0 radical (unpaired) electrons. The van der Waals surface area contributed by atoms with Gasteiger partial charge in [0.05, 0.1) is 5.02 Å². The molecule has 0 aliphatic carbocycles. The summed E-state index contributed by atoms with van der Waals surface area (Å²) in [7, 11) is 2.00. The second-order valence-corrected chi connectivity index (χ2v) is 5.20. The van der Waals surface area contributed by atoms with Crippen LogP contribution in [0.2, 0.25) is 5.02 Å². The number of nitrogens with one attached hydrogen (secondary N) is 1. The fraction of sp³-hybridized carbons (Fsp3) is 0.667. The fourth-order valence-corrected chi connectivity index (χ4v) is 2.50. The van der Waals surface area contributed by atoms with Crippen LogP contribution in [0.25, 0.3) is 0 Å². The molecule has 1 N–H and O–H groups in total. The van der Waals surface area contributed by atoms with Crippen molar-refractivity contribution in [3.05, 3.63) is 29.0 Å².